The largest absolute Gasteiger partial charge is 0.489 e. The van der Waals surface area contributed by atoms with Crippen molar-refractivity contribution in [3.05, 3.63) is 30.1 Å². The van der Waals surface area contributed by atoms with E-state index in [9.17, 15) is 17.6 Å². The molecule has 1 aromatic rings. The molecule has 24 heavy (non-hydrogen) atoms. The van der Waals surface area contributed by atoms with Crippen LogP contribution in [0, 0.1) is 5.82 Å². The molecule has 2 fully saturated rings. The lowest BCUT2D eigenvalue weighted by Crippen LogP contribution is -2.60. The van der Waals surface area contributed by atoms with Crippen LogP contribution in [0.5, 0.6) is 5.75 Å². The molecule has 2 aliphatic heterocycles. The van der Waals surface area contributed by atoms with E-state index >= 15 is 0 Å². The van der Waals surface area contributed by atoms with E-state index in [2.05, 4.69) is 0 Å². The van der Waals surface area contributed by atoms with Crippen LogP contribution in [0.2, 0.25) is 0 Å². The summed E-state index contributed by atoms with van der Waals surface area (Å²) in [7, 11) is -3.65. The van der Waals surface area contributed by atoms with E-state index in [1.54, 1.807) is 17.9 Å². The van der Waals surface area contributed by atoms with Crippen LogP contribution in [0.1, 0.15) is 19.8 Å². The first-order valence-corrected chi connectivity index (χ1v) is 9.68. The zero-order valence-corrected chi connectivity index (χ0v) is 14.3. The van der Waals surface area contributed by atoms with Gasteiger partial charge >= 0.3 is 0 Å². The second-order valence-electron chi connectivity index (χ2n) is 6.17. The Balaban J connectivity index is 1.64. The second kappa shape index (κ2) is 6.68. The maximum Gasteiger partial charge on any atom is 0.241 e. The van der Waals surface area contributed by atoms with Crippen LogP contribution in [-0.2, 0) is 14.8 Å². The molecule has 2 heterocycles. The zero-order chi connectivity index (χ0) is 17.3. The summed E-state index contributed by atoms with van der Waals surface area (Å²) in [4.78, 5) is 14.1. The maximum absolute atomic E-state index is 13.5. The molecule has 2 atom stereocenters. The van der Waals surface area contributed by atoms with E-state index in [0.29, 0.717) is 13.1 Å². The van der Waals surface area contributed by atoms with Gasteiger partial charge in [0, 0.05) is 19.1 Å². The Hall–Kier alpha value is -1.67. The average molecular weight is 356 g/mol. The normalized spacial score (nSPS) is 24.9. The van der Waals surface area contributed by atoms with Crippen LogP contribution in [0.15, 0.2) is 24.3 Å². The minimum atomic E-state index is -3.65. The number of nitrogens with zero attached hydrogens (tertiary/aromatic N) is 2. The third-order valence-corrected chi connectivity index (χ3v) is 6.50. The minimum Gasteiger partial charge on any atom is -0.489 e. The third kappa shape index (κ3) is 3.25. The number of fused-ring (bicyclic) bond motifs is 1. The van der Waals surface area contributed by atoms with Crippen LogP contribution in [-0.4, -0.2) is 61.1 Å². The molecule has 0 radical (unpaired) electrons. The molecule has 0 bridgehead atoms. The minimum absolute atomic E-state index is 0.0254. The van der Waals surface area contributed by atoms with E-state index in [1.165, 1.54) is 22.5 Å². The number of carbonyl (C=O) groups excluding carboxylic acids is 1. The van der Waals surface area contributed by atoms with Gasteiger partial charge in [-0.25, -0.2) is 12.8 Å². The molecule has 2 saturated heterocycles. The van der Waals surface area contributed by atoms with Gasteiger partial charge in [0.1, 0.15) is 12.6 Å². The fourth-order valence-corrected chi connectivity index (χ4v) is 4.83. The molecule has 0 saturated carbocycles. The highest BCUT2D eigenvalue weighted by molar-refractivity contribution is 7.89. The lowest BCUT2D eigenvalue weighted by atomic mass is 10.1. The van der Waals surface area contributed by atoms with E-state index in [4.69, 9.17) is 4.74 Å². The summed E-state index contributed by atoms with van der Waals surface area (Å²) in [6.45, 7) is 2.49. The lowest BCUT2D eigenvalue weighted by molar-refractivity contribution is -0.139. The molecule has 1 aromatic carbocycles. The third-order valence-electron chi connectivity index (χ3n) is 4.63. The summed E-state index contributed by atoms with van der Waals surface area (Å²) >= 11 is 0. The van der Waals surface area contributed by atoms with Gasteiger partial charge in [-0.3, -0.25) is 4.79 Å². The molecular formula is C16H21FN2O4S. The fourth-order valence-electron chi connectivity index (χ4n) is 3.34. The standard InChI is InChI=1S/C16H21FN2O4S/c1-12-16(20)18-8-4-5-13(18)11-19(12)24(21,22)10-9-23-15-7-3-2-6-14(15)17/h2-3,6-7,12-13H,4-5,8-11H2,1H3/t12-,13-/m1/s1. The lowest BCUT2D eigenvalue weighted by Gasteiger charge is -2.40. The molecule has 132 valence electrons. The topological polar surface area (TPSA) is 66.9 Å². The van der Waals surface area contributed by atoms with Crippen molar-refractivity contribution < 1.29 is 22.3 Å². The number of ether oxygens (including phenoxy) is 1. The Morgan fingerprint density at radius 2 is 2.08 bits per heavy atom. The number of benzene rings is 1. The number of hydrogen-bond acceptors (Lipinski definition) is 4. The van der Waals surface area contributed by atoms with Crippen LogP contribution in [0.25, 0.3) is 0 Å². The first kappa shape index (κ1) is 17.2. The molecule has 0 N–H and O–H groups in total. The predicted molar refractivity (Wildman–Crippen MR) is 86.6 cm³/mol. The van der Waals surface area contributed by atoms with E-state index in [-0.39, 0.29) is 30.1 Å². The van der Waals surface area contributed by atoms with Crippen LogP contribution >= 0.6 is 0 Å². The molecule has 0 spiro atoms. The Kier molecular flexibility index (Phi) is 4.78. The number of carbonyl (C=O) groups is 1. The highest BCUT2D eigenvalue weighted by atomic mass is 32.2. The van der Waals surface area contributed by atoms with Gasteiger partial charge in [0.05, 0.1) is 5.75 Å². The van der Waals surface area contributed by atoms with Crippen molar-refractivity contribution in [1.29, 1.82) is 0 Å². The first-order valence-electron chi connectivity index (χ1n) is 8.07. The Morgan fingerprint density at radius 3 is 2.83 bits per heavy atom. The molecule has 1 amide bonds. The van der Waals surface area contributed by atoms with Crippen molar-refractivity contribution in [3.8, 4) is 5.75 Å². The highest BCUT2D eigenvalue weighted by Gasteiger charge is 2.44. The Morgan fingerprint density at radius 1 is 1.33 bits per heavy atom. The zero-order valence-electron chi connectivity index (χ0n) is 13.5. The molecule has 3 rings (SSSR count). The molecule has 0 aliphatic carbocycles. The van der Waals surface area contributed by atoms with Crippen LogP contribution < -0.4 is 4.74 Å². The summed E-state index contributed by atoms with van der Waals surface area (Å²) in [5.74, 6) is -0.927. The van der Waals surface area contributed by atoms with Gasteiger partial charge in [0.15, 0.2) is 11.6 Å². The van der Waals surface area contributed by atoms with Crippen molar-refractivity contribution in [2.24, 2.45) is 0 Å². The van der Waals surface area contributed by atoms with Gasteiger partial charge in [-0.2, -0.15) is 4.31 Å². The molecule has 8 heteroatoms. The number of hydrogen-bond donors (Lipinski definition) is 0. The van der Waals surface area contributed by atoms with Gasteiger partial charge in [-0.15, -0.1) is 0 Å². The number of para-hydroxylation sites is 1. The number of sulfonamides is 1. The number of amides is 1. The number of piperazine rings is 1. The van der Waals surface area contributed by atoms with Crippen LogP contribution in [0.4, 0.5) is 4.39 Å². The smallest absolute Gasteiger partial charge is 0.241 e. The van der Waals surface area contributed by atoms with E-state index in [1.807, 2.05) is 0 Å². The Bertz CT molecular complexity index is 725. The molecule has 2 aliphatic rings. The highest BCUT2D eigenvalue weighted by Crippen LogP contribution is 2.27. The van der Waals surface area contributed by atoms with Gasteiger partial charge in [-0.1, -0.05) is 12.1 Å². The van der Waals surface area contributed by atoms with Gasteiger partial charge in [0.25, 0.3) is 0 Å². The summed E-state index contributed by atoms with van der Waals surface area (Å²) < 4.78 is 45.2. The first-order chi connectivity index (χ1) is 11.4. The maximum atomic E-state index is 13.5. The molecular weight excluding hydrogens is 335 g/mol. The van der Waals surface area contributed by atoms with Crippen molar-refractivity contribution in [1.82, 2.24) is 9.21 Å². The Labute approximate surface area is 141 Å². The monoisotopic (exact) mass is 356 g/mol. The summed E-state index contributed by atoms with van der Waals surface area (Å²) in [5.41, 5.74) is 0. The molecule has 0 unspecified atom stereocenters. The van der Waals surface area contributed by atoms with Gasteiger partial charge < -0.3 is 9.64 Å². The van der Waals surface area contributed by atoms with Gasteiger partial charge in [0.2, 0.25) is 15.9 Å². The van der Waals surface area contributed by atoms with Crippen molar-refractivity contribution in [2.45, 2.75) is 31.8 Å². The number of halogens is 1. The summed E-state index contributed by atoms with van der Waals surface area (Å²) in [6, 6.07) is 5.13. The van der Waals surface area contributed by atoms with Crippen molar-refractivity contribution in [2.75, 3.05) is 25.4 Å². The van der Waals surface area contributed by atoms with E-state index in [0.717, 1.165) is 12.8 Å². The van der Waals surface area contributed by atoms with E-state index < -0.39 is 21.9 Å². The molecule has 0 aromatic heterocycles. The average Bonchev–Trinajstić information content (AvgIpc) is 3.01. The van der Waals surface area contributed by atoms with Crippen molar-refractivity contribution >= 4 is 15.9 Å². The summed E-state index contributed by atoms with van der Waals surface area (Å²) in [6.07, 6.45) is 1.74. The molecule has 6 nitrogen and oxygen atoms in total. The van der Waals surface area contributed by atoms with Crippen molar-refractivity contribution in [3.63, 3.8) is 0 Å². The fraction of sp³-hybridized carbons (Fsp3) is 0.562. The van der Waals surface area contributed by atoms with Crippen LogP contribution in [0.3, 0.4) is 0 Å². The number of rotatable bonds is 5. The SMILES string of the molecule is C[C@@H]1C(=O)N2CCC[C@@H]2CN1S(=O)(=O)CCOc1ccccc1F. The second-order valence-corrected chi connectivity index (χ2v) is 8.21. The quantitative estimate of drug-likeness (QED) is 0.796. The predicted octanol–water partition coefficient (Wildman–Crippen LogP) is 1.23. The van der Waals surface area contributed by atoms with Gasteiger partial charge in [-0.05, 0) is 31.9 Å². The summed E-state index contributed by atoms with van der Waals surface area (Å²) in [5, 5.41) is 0.